The predicted octanol–water partition coefficient (Wildman–Crippen LogP) is 23.5. The van der Waals surface area contributed by atoms with Crippen LogP contribution in [0.5, 0.6) is 0 Å². The highest BCUT2D eigenvalue weighted by Gasteiger charge is 2.41. The molecule has 8 aromatic heterocycles. The molecule has 0 radical (unpaired) electrons. The van der Waals surface area contributed by atoms with Crippen molar-refractivity contribution in [3.63, 3.8) is 0 Å². The number of nitrogens with one attached hydrogen (secondary N) is 8. The number of nitrogens with zero attached hydrogens (tertiary/aromatic N) is 2. The van der Waals surface area contributed by atoms with Crippen LogP contribution in [0.2, 0.25) is 0 Å². The summed E-state index contributed by atoms with van der Waals surface area (Å²) in [6.45, 7) is 37.1. The number of halogens is 3. The number of aryl methyl sites for hydroxylation is 9. The Morgan fingerprint density at radius 1 is 0.318 bits per heavy atom. The summed E-state index contributed by atoms with van der Waals surface area (Å²) in [6.07, 6.45) is 20.9. The van der Waals surface area contributed by atoms with Crippen molar-refractivity contribution in [2.24, 2.45) is 0 Å². The maximum Gasteiger partial charge on any atom is 0.425 e. The smallest absolute Gasteiger partial charge is 0.425 e. The standard InChI is InChI=1S/C25H35N3O3S2.C24H29F3N2O3S2.C24H32N2O3S2.C23H31N3O3S2/c1-6-28-12-11-16-18(15(2)32-20(16)14-28)13-26-24(30)27-22-21(23(29)31-25(3,4)5)17-9-7-8-10-19(17)33-22;1-23(2,3)32-21(30)18-14-9-5-7-11-17(14)34-20(18)29-22(31)28-12-15-13-8-4-6-10-16(13)33-19(15)24(25,26)27;1-14-17(15-9-5-7-11-18(15)30-14)13-25-23(28)26-21-20(22(27)29-24(2,3)4)16-10-6-8-12-19(16)31-21;1-4-26-11-10-15-17(14(3)30-19(15)13-26)12-24-23(28)25-21-20(22(27)29-5-2)16-8-6-7-9-18(16)31-21/h6-14H2,1-5H3,(H2,26,27,30);4-12H2,1-3H3,(H2,28,29,31);5-13H2,1-4H3,(H2,25,26,28);4-13H2,1-3H3,(H2,24,25,28). The molecule has 0 atom stereocenters. The van der Waals surface area contributed by atoms with Crippen LogP contribution in [0.4, 0.5) is 52.4 Å². The van der Waals surface area contributed by atoms with E-state index >= 15 is 0 Å². The molecule has 6 aliphatic carbocycles. The first-order valence-electron chi connectivity index (χ1n) is 45.9. The second-order valence-electron chi connectivity index (χ2n) is 37.2. The predicted molar refractivity (Wildman–Crippen MR) is 518 cm³/mol. The molecule has 22 nitrogen and oxygen atoms in total. The summed E-state index contributed by atoms with van der Waals surface area (Å²) in [5.74, 6) is -1.51. The molecule has 8 N–H and O–H groups in total. The Kier molecular flexibility index (Phi) is 33.0. The highest BCUT2D eigenvalue weighted by atomic mass is 32.1. The molecule has 0 saturated heterocycles. The molecule has 8 amide bonds. The number of esters is 4. The maximum atomic E-state index is 13.6. The molecule has 16 rings (SSSR count). The molecule has 0 bridgehead atoms. The van der Waals surface area contributed by atoms with Gasteiger partial charge in [-0.25, -0.2) is 38.4 Å². The van der Waals surface area contributed by atoms with E-state index in [-0.39, 0.29) is 48.1 Å². The summed E-state index contributed by atoms with van der Waals surface area (Å²) in [6, 6.07) is -1.44. The summed E-state index contributed by atoms with van der Waals surface area (Å²) in [4.78, 5) is 121. The number of amides is 8. The fourth-order valence-electron chi connectivity index (χ4n) is 18.3. The third kappa shape index (κ3) is 24.8. The Hall–Kier alpha value is -7.73. The first-order chi connectivity index (χ1) is 61.3. The number of likely N-dealkylation sites (N-methyl/N-ethyl adjacent to an activating group) is 2. The van der Waals surface area contributed by atoms with Crippen LogP contribution < -0.4 is 42.5 Å². The van der Waals surface area contributed by atoms with Gasteiger partial charge in [-0.05, 0) is 337 Å². The molecule has 129 heavy (non-hydrogen) atoms. The van der Waals surface area contributed by atoms with Gasteiger partial charge in [0.15, 0.2) is 0 Å². The van der Waals surface area contributed by atoms with Gasteiger partial charge in [0.2, 0.25) is 0 Å². The number of urea groups is 4. The van der Waals surface area contributed by atoms with Crippen molar-refractivity contribution >= 4 is 159 Å². The number of fused-ring (bicyclic) bond motifs is 8. The zero-order valence-electron chi connectivity index (χ0n) is 77.4. The minimum absolute atomic E-state index is 0.167. The number of hydrogen-bond donors (Lipinski definition) is 8. The second-order valence-corrected chi connectivity index (χ2v) is 46.6. The van der Waals surface area contributed by atoms with Gasteiger partial charge in [-0.15, -0.1) is 90.7 Å². The highest BCUT2D eigenvalue weighted by molar-refractivity contribution is 7.18. The Bertz CT molecular complexity index is 5440. The van der Waals surface area contributed by atoms with E-state index in [0.29, 0.717) is 81.3 Å². The van der Waals surface area contributed by atoms with Crippen LogP contribution in [-0.2, 0) is 154 Å². The molecule has 0 saturated carbocycles. The van der Waals surface area contributed by atoms with E-state index in [0.717, 1.165) is 229 Å². The normalized spacial score (nSPS) is 15.9. The number of rotatable bonds is 19. The van der Waals surface area contributed by atoms with Gasteiger partial charge < -0.3 is 40.2 Å². The molecular weight excluding hydrogens is 1800 g/mol. The Labute approximate surface area is 788 Å². The first-order valence-corrected chi connectivity index (χ1v) is 52.5. The van der Waals surface area contributed by atoms with Crippen LogP contribution in [0.1, 0.15) is 327 Å². The molecular formula is C96H127F3N10O12S8. The molecule has 0 spiro atoms. The minimum atomic E-state index is -4.45. The fraction of sp³-hybridized carbons (Fsp3) is 0.583. The van der Waals surface area contributed by atoms with Crippen molar-refractivity contribution in [1.29, 1.82) is 0 Å². The topological polar surface area (TPSA) is 276 Å². The lowest BCUT2D eigenvalue weighted by molar-refractivity contribution is -0.135. The molecule has 8 aliphatic rings. The summed E-state index contributed by atoms with van der Waals surface area (Å²) < 4.78 is 63.1. The number of thiophene rings is 8. The minimum Gasteiger partial charge on any atom is -0.462 e. The summed E-state index contributed by atoms with van der Waals surface area (Å²) in [7, 11) is 0. The third-order valence-electron chi connectivity index (χ3n) is 24.4. The molecule has 8 aromatic rings. The molecule has 0 fully saturated rings. The van der Waals surface area contributed by atoms with E-state index < -0.39 is 39.9 Å². The van der Waals surface area contributed by atoms with Crippen LogP contribution in [0.3, 0.4) is 0 Å². The largest absolute Gasteiger partial charge is 0.462 e. The average Bonchev–Trinajstić information content (AvgIpc) is 1.65. The van der Waals surface area contributed by atoms with Gasteiger partial charge in [0.25, 0.3) is 0 Å². The fourth-order valence-corrected chi connectivity index (χ4v) is 28.5. The molecule has 33 heteroatoms. The lowest BCUT2D eigenvalue weighted by Crippen LogP contribution is -2.31. The Morgan fingerprint density at radius 2 is 0.566 bits per heavy atom. The van der Waals surface area contributed by atoms with E-state index in [1.807, 2.05) is 75.6 Å². The van der Waals surface area contributed by atoms with Crippen LogP contribution in [0, 0.1) is 20.8 Å². The van der Waals surface area contributed by atoms with E-state index in [1.165, 1.54) is 135 Å². The van der Waals surface area contributed by atoms with Crippen molar-refractivity contribution in [2.75, 3.05) is 54.1 Å². The summed E-state index contributed by atoms with van der Waals surface area (Å²) in [5, 5.41) is 25.5. The van der Waals surface area contributed by atoms with Crippen molar-refractivity contribution in [3.8, 4) is 0 Å². The summed E-state index contributed by atoms with van der Waals surface area (Å²) >= 11 is 12.3. The van der Waals surface area contributed by atoms with E-state index in [1.54, 1.807) is 27.7 Å². The van der Waals surface area contributed by atoms with Crippen molar-refractivity contribution in [3.05, 3.63) is 148 Å². The Morgan fingerprint density at radius 3 is 0.853 bits per heavy atom. The zero-order chi connectivity index (χ0) is 92.6. The third-order valence-corrected chi connectivity index (χ3v) is 34.2. The van der Waals surface area contributed by atoms with Gasteiger partial charge in [-0.1, -0.05) is 13.8 Å². The second kappa shape index (κ2) is 43.1. The summed E-state index contributed by atoms with van der Waals surface area (Å²) in [5.41, 5.74) is 13.2. The van der Waals surface area contributed by atoms with Crippen LogP contribution in [-0.4, -0.2) is 107 Å². The number of carbonyl (C=O) groups excluding carboxylic acids is 8. The molecule has 2 aliphatic heterocycles. The van der Waals surface area contributed by atoms with E-state index in [2.05, 4.69) is 87.0 Å². The number of alkyl halides is 3. The van der Waals surface area contributed by atoms with Gasteiger partial charge in [0.05, 0.1) is 28.9 Å². The van der Waals surface area contributed by atoms with E-state index in [4.69, 9.17) is 18.9 Å². The SMILES string of the molecule is CC(C)(C)OC(=O)c1c(NC(=O)NCc2c(C(F)(F)F)sc3c2CCCC3)sc2c1CCCC2.CCN1CCc2c(sc(C)c2CNC(=O)Nc2sc3c(c2C(=O)OC(C)(C)C)CCCC3)C1.CCOC(=O)c1c(NC(=O)NCc2c(C)sc3c2CCN(CC)C3)sc2c1CCCC2.Cc1sc2c(c1CNC(=O)Nc1sc3c(c1C(=O)OC(C)(C)C)CCCC3)CCCC2. The monoisotopic (exact) mass is 1920 g/mol. The number of ether oxygens (including phenoxy) is 4. The van der Waals surface area contributed by atoms with Crippen molar-refractivity contribution in [2.45, 2.75) is 333 Å². The van der Waals surface area contributed by atoms with Gasteiger partial charge in [-0.2, -0.15) is 13.2 Å². The molecule has 0 unspecified atom stereocenters. The van der Waals surface area contributed by atoms with Crippen LogP contribution >= 0.6 is 90.7 Å². The number of anilines is 4. The van der Waals surface area contributed by atoms with Crippen molar-refractivity contribution in [1.82, 2.24) is 31.1 Å². The zero-order valence-corrected chi connectivity index (χ0v) is 83.9. The Balaban J connectivity index is 0.000000147. The molecule has 0 aromatic carbocycles. The van der Waals surface area contributed by atoms with Crippen LogP contribution in [0.15, 0.2) is 0 Å². The highest BCUT2D eigenvalue weighted by Crippen LogP contribution is 2.47. The molecule has 702 valence electrons. The van der Waals surface area contributed by atoms with Crippen molar-refractivity contribution < 1.29 is 70.5 Å². The number of carbonyl (C=O) groups is 8. The number of hydrogen-bond acceptors (Lipinski definition) is 22. The van der Waals surface area contributed by atoms with Gasteiger partial charge in [-0.3, -0.25) is 31.1 Å². The quantitative estimate of drug-likeness (QED) is 0.0276. The van der Waals surface area contributed by atoms with E-state index in [9.17, 15) is 51.5 Å². The maximum absolute atomic E-state index is 13.6. The lowest BCUT2D eigenvalue weighted by atomic mass is 9.94. The van der Waals surface area contributed by atoms with Crippen LogP contribution in [0.25, 0.3) is 0 Å². The first kappa shape index (κ1) is 98.8. The van der Waals surface area contributed by atoms with Gasteiger partial charge in [0, 0.05) is 106 Å². The van der Waals surface area contributed by atoms with Gasteiger partial charge >= 0.3 is 54.2 Å². The van der Waals surface area contributed by atoms with Gasteiger partial charge in [0.1, 0.15) is 41.7 Å². The molecule has 10 heterocycles. The lowest BCUT2D eigenvalue weighted by Gasteiger charge is -2.25. The average molecular weight is 1930 g/mol.